The van der Waals surface area contributed by atoms with Crippen LogP contribution in [-0.4, -0.2) is 59.3 Å². The van der Waals surface area contributed by atoms with Gasteiger partial charge in [-0.05, 0) is 64.2 Å². The van der Waals surface area contributed by atoms with E-state index in [2.05, 4.69) is 17.6 Å². The maximum absolute atomic E-state index is 13.7. The molecule has 0 aromatic heterocycles. The molecule has 0 spiro atoms. The van der Waals surface area contributed by atoms with Gasteiger partial charge in [0.2, 0.25) is 11.8 Å². The van der Waals surface area contributed by atoms with Crippen LogP contribution in [0.2, 0.25) is 0 Å². The van der Waals surface area contributed by atoms with Crippen LogP contribution < -0.4 is 10.6 Å². The number of nitrogens with zero attached hydrogens (tertiary/aromatic N) is 1. The van der Waals surface area contributed by atoms with Crippen LogP contribution in [0.15, 0.2) is 18.2 Å². The Labute approximate surface area is 210 Å². The van der Waals surface area contributed by atoms with Crippen LogP contribution in [0.3, 0.4) is 0 Å². The third-order valence-corrected chi connectivity index (χ3v) is 5.79. The second kappa shape index (κ2) is 14.7. The Morgan fingerprint density at radius 2 is 1.71 bits per heavy atom. The van der Waals surface area contributed by atoms with E-state index in [0.717, 1.165) is 42.4 Å². The molecule has 1 rings (SSSR count). The number of hydrogen-bond acceptors (Lipinski definition) is 5. The highest BCUT2D eigenvalue weighted by molar-refractivity contribution is 5.92. The molecule has 0 saturated heterocycles. The Balaban J connectivity index is 3.37. The number of aryl methyl sites for hydroxylation is 1. The maximum Gasteiger partial charge on any atom is 0.408 e. The fraction of sp³-hybridized carbons (Fsp3) is 0.667. The number of hydrogen-bond donors (Lipinski definition) is 3. The maximum atomic E-state index is 13.7. The van der Waals surface area contributed by atoms with Crippen LogP contribution in [0.5, 0.6) is 0 Å². The van der Waals surface area contributed by atoms with Gasteiger partial charge in [-0.15, -0.1) is 0 Å². The molecule has 2 unspecified atom stereocenters. The number of rotatable bonds is 13. The molecule has 8 heteroatoms. The normalized spacial score (nSPS) is 13.0. The zero-order valence-corrected chi connectivity index (χ0v) is 22.6. The van der Waals surface area contributed by atoms with Gasteiger partial charge in [0.15, 0.2) is 0 Å². The lowest BCUT2D eigenvalue weighted by molar-refractivity contribution is -0.143. The molecule has 1 aromatic carbocycles. The van der Waals surface area contributed by atoms with E-state index in [4.69, 9.17) is 4.74 Å². The molecule has 0 radical (unpaired) electrons. The number of ether oxygens (including phenoxy) is 1. The van der Waals surface area contributed by atoms with Gasteiger partial charge in [0.25, 0.3) is 0 Å². The van der Waals surface area contributed by atoms with E-state index in [1.54, 1.807) is 20.8 Å². The van der Waals surface area contributed by atoms with Gasteiger partial charge in [0, 0.05) is 13.1 Å². The number of carbonyl (C=O) groups excluding carboxylic acids is 3. The van der Waals surface area contributed by atoms with Crippen molar-refractivity contribution in [3.63, 3.8) is 0 Å². The highest BCUT2D eigenvalue weighted by atomic mass is 16.6. The fourth-order valence-electron chi connectivity index (χ4n) is 3.73. The average molecular weight is 492 g/mol. The molecule has 8 nitrogen and oxygen atoms in total. The van der Waals surface area contributed by atoms with Crippen LogP contribution in [0, 0.1) is 13.8 Å². The van der Waals surface area contributed by atoms with Crippen molar-refractivity contribution in [3.05, 3.63) is 34.9 Å². The molecule has 0 saturated carbocycles. The smallest absolute Gasteiger partial charge is 0.408 e. The van der Waals surface area contributed by atoms with E-state index in [9.17, 15) is 19.5 Å². The Morgan fingerprint density at radius 3 is 2.29 bits per heavy atom. The summed E-state index contributed by atoms with van der Waals surface area (Å²) >= 11 is 0. The zero-order valence-electron chi connectivity index (χ0n) is 22.6. The molecule has 3 N–H and O–H groups in total. The molecular formula is C27H45N3O5. The van der Waals surface area contributed by atoms with Crippen molar-refractivity contribution in [2.45, 2.75) is 98.3 Å². The molecule has 0 aliphatic heterocycles. The predicted molar refractivity (Wildman–Crippen MR) is 138 cm³/mol. The van der Waals surface area contributed by atoms with Crippen LogP contribution in [0.25, 0.3) is 0 Å². The molecule has 0 bridgehead atoms. The van der Waals surface area contributed by atoms with E-state index in [0.29, 0.717) is 19.5 Å². The molecule has 0 aliphatic rings. The summed E-state index contributed by atoms with van der Waals surface area (Å²) in [6, 6.07) is 3.58. The highest BCUT2D eigenvalue weighted by Crippen LogP contribution is 2.27. The number of amides is 3. The van der Waals surface area contributed by atoms with Gasteiger partial charge in [-0.2, -0.15) is 0 Å². The third-order valence-electron chi connectivity index (χ3n) is 5.79. The molecule has 2 atom stereocenters. The summed E-state index contributed by atoms with van der Waals surface area (Å²) in [5.74, 6) is -0.797. The predicted octanol–water partition coefficient (Wildman–Crippen LogP) is 4.17. The van der Waals surface area contributed by atoms with Crippen molar-refractivity contribution in [2.24, 2.45) is 0 Å². The van der Waals surface area contributed by atoms with Gasteiger partial charge >= 0.3 is 6.09 Å². The first kappa shape index (κ1) is 30.4. The molecular weight excluding hydrogens is 446 g/mol. The summed E-state index contributed by atoms with van der Waals surface area (Å²) in [6.45, 7) is 13.4. The lowest BCUT2D eigenvalue weighted by Gasteiger charge is -2.35. The lowest BCUT2D eigenvalue weighted by atomic mass is 9.94. The van der Waals surface area contributed by atoms with Gasteiger partial charge in [0.05, 0.1) is 6.61 Å². The first-order valence-corrected chi connectivity index (χ1v) is 12.7. The Hall–Kier alpha value is -2.61. The van der Waals surface area contributed by atoms with Crippen LogP contribution in [0.4, 0.5) is 4.79 Å². The van der Waals surface area contributed by atoms with E-state index in [1.165, 1.54) is 4.90 Å². The topological polar surface area (TPSA) is 108 Å². The van der Waals surface area contributed by atoms with Gasteiger partial charge in [0.1, 0.15) is 17.7 Å². The minimum absolute atomic E-state index is 0.270. The number of aliphatic hydroxyl groups excluding tert-OH is 1. The van der Waals surface area contributed by atoms with Crippen molar-refractivity contribution in [1.82, 2.24) is 15.5 Å². The largest absolute Gasteiger partial charge is 0.444 e. The van der Waals surface area contributed by atoms with E-state index in [1.807, 2.05) is 39.0 Å². The Kier molecular flexibility index (Phi) is 12.8. The van der Waals surface area contributed by atoms with Crippen LogP contribution in [0.1, 0.15) is 89.5 Å². The van der Waals surface area contributed by atoms with Gasteiger partial charge in [-0.25, -0.2) is 4.79 Å². The average Bonchev–Trinajstić information content (AvgIpc) is 2.78. The quantitative estimate of drug-likeness (QED) is 0.359. The minimum Gasteiger partial charge on any atom is -0.444 e. The summed E-state index contributed by atoms with van der Waals surface area (Å²) in [4.78, 5) is 41.0. The Morgan fingerprint density at radius 1 is 1.06 bits per heavy atom. The highest BCUT2D eigenvalue weighted by Gasteiger charge is 2.36. The molecule has 0 heterocycles. The number of unbranched alkanes of at least 4 members (excludes halogenated alkanes) is 3. The summed E-state index contributed by atoms with van der Waals surface area (Å²) in [6.07, 6.45) is 3.56. The van der Waals surface area contributed by atoms with Crippen LogP contribution in [-0.2, 0) is 14.3 Å². The summed E-state index contributed by atoms with van der Waals surface area (Å²) in [5.41, 5.74) is 1.92. The molecule has 0 aliphatic carbocycles. The van der Waals surface area contributed by atoms with Crippen molar-refractivity contribution in [1.29, 1.82) is 0 Å². The third kappa shape index (κ3) is 9.88. The van der Waals surface area contributed by atoms with Gasteiger partial charge in [-0.1, -0.05) is 51.3 Å². The summed E-state index contributed by atoms with van der Waals surface area (Å²) < 4.78 is 5.27. The summed E-state index contributed by atoms with van der Waals surface area (Å²) in [7, 11) is 0. The molecule has 0 fully saturated rings. The Bertz CT molecular complexity index is 835. The second-order valence-electron chi connectivity index (χ2n) is 9.96. The SMILES string of the molecule is CCCCCNC(=O)C(c1cccc(C)c1C)N(CCCC)C(=O)C(CO)NC(=O)OC(C)(C)C. The zero-order chi connectivity index (χ0) is 26.6. The molecule has 35 heavy (non-hydrogen) atoms. The molecule has 1 aromatic rings. The first-order chi connectivity index (χ1) is 16.5. The fourth-order valence-corrected chi connectivity index (χ4v) is 3.73. The first-order valence-electron chi connectivity index (χ1n) is 12.7. The molecule has 3 amide bonds. The number of aliphatic hydroxyl groups is 1. The van der Waals surface area contributed by atoms with E-state index >= 15 is 0 Å². The number of nitrogens with one attached hydrogen (secondary N) is 2. The summed E-state index contributed by atoms with van der Waals surface area (Å²) in [5, 5.41) is 15.5. The van der Waals surface area contributed by atoms with Crippen molar-refractivity contribution in [2.75, 3.05) is 19.7 Å². The number of carbonyl (C=O) groups is 3. The van der Waals surface area contributed by atoms with Crippen molar-refractivity contribution < 1.29 is 24.2 Å². The van der Waals surface area contributed by atoms with Gasteiger partial charge < -0.3 is 25.4 Å². The van der Waals surface area contributed by atoms with E-state index < -0.39 is 36.3 Å². The lowest BCUT2D eigenvalue weighted by Crippen LogP contribution is -2.54. The van der Waals surface area contributed by atoms with Crippen molar-refractivity contribution in [3.8, 4) is 0 Å². The second-order valence-corrected chi connectivity index (χ2v) is 9.96. The van der Waals surface area contributed by atoms with Crippen LogP contribution >= 0.6 is 0 Å². The van der Waals surface area contributed by atoms with Gasteiger partial charge in [-0.3, -0.25) is 9.59 Å². The number of alkyl carbamates (subject to hydrolysis) is 1. The number of benzene rings is 1. The van der Waals surface area contributed by atoms with E-state index in [-0.39, 0.29) is 5.91 Å². The molecule has 198 valence electrons. The monoisotopic (exact) mass is 491 g/mol. The van der Waals surface area contributed by atoms with Crippen molar-refractivity contribution >= 4 is 17.9 Å². The minimum atomic E-state index is -1.23. The standard InChI is InChI=1S/C27H45N3O5/c1-8-10-12-16-28-24(32)23(21-15-13-14-19(3)20(21)4)30(17-11-9-2)25(33)22(18-31)29-26(34)35-27(5,6)7/h13-15,22-23,31H,8-12,16-18H2,1-7H3,(H,28,32)(H,29,34).